The van der Waals surface area contributed by atoms with Gasteiger partial charge in [0, 0.05) is 4.88 Å². The third-order valence-electron chi connectivity index (χ3n) is 1.41. The number of thiophene rings is 1. The molecule has 1 N–H and O–H groups in total. The first kappa shape index (κ1) is 11.8. The summed E-state index contributed by atoms with van der Waals surface area (Å²) in [5, 5.41) is 8.66. The van der Waals surface area contributed by atoms with Crippen molar-refractivity contribution in [2.24, 2.45) is 0 Å². The Morgan fingerprint density at radius 3 is 2.67 bits per heavy atom. The van der Waals surface area contributed by atoms with E-state index in [9.17, 15) is 18.0 Å². The van der Waals surface area contributed by atoms with Crippen LogP contribution in [0.2, 0.25) is 0 Å². The number of hydrogen-bond donors (Lipinski definition) is 1. The highest BCUT2D eigenvalue weighted by molar-refractivity contribution is 7.14. The minimum Gasteiger partial charge on any atom is -0.482 e. The number of ether oxygens (including phenoxy) is 1. The second-order valence-electron chi connectivity index (χ2n) is 2.76. The molecule has 3 nitrogen and oxygen atoms in total. The van der Waals surface area contributed by atoms with Crippen molar-refractivity contribution in [2.45, 2.75) is 13.1 Å². The van der Waals surface area contributed by atoms with Gasteiger partial charge in [0.1, 0.15) is 5.75 Å². The molecule has 84 valence electrons. The second kappa shape index (κ2) is 4.09. The van der Waals surface area contributed by atoms with E-state index in [1.165, 1.54) is 6.07 Å². The van der Waals surface area contributed by atoms with E-state index >= 15 is 0 Å². The third kappa shape index (κ3) is 3.43. The molecule has 1 aromatic rings. The highest BCUT2D eigenvalue weighted by Crippen LogP contribution is 2.30. The van der Waals surface area contributed by atoms with E-state index in [1.54, 1.807) is 6.92 Å². The van der Waals surface area contributed by atoms with E-state index < -0.39 is 18.8 Å². The smallest absolute Gasteiger partial charge is 0.422 e. The maximum atomic E-state index is 11.8. The summed E-state index contributed by atoms with van der Waals surface area (Å²) in [6, 6.07) is 1.28. The average Bonchev–Trinajstić information content (AvgIpc) is 2.42. The molecule has 0 aliphatic heterocycles. The number of halogens is 3. The van der Waals surface area contributed by atoms with Gasteiger partial charge in [-0.1, -0.05) is 0 Å². The quantitative estimate of drug-likeness (QED) is 0.883. The van der Waals surface area contributed by atoms with Crippen molar-refractivity contribution in [2.75, 3.05) is 6.61 Å². The Morgan fingerprint density at radius 2 is 2.20 bits per heavy atom. The SMILES string of the molecule is Cc1cc(OCC(F)(F)F)c(C(=O)O)s1. The zero-order valence-electron chi connectivity index (χ0n) is 7.59. The lowest BCUT2D eigenvalue weighted by Crippen LogP contribution is -2.19. The lowest BCUT2D eigenvalue weighted by Gasteiger charge is -2.07. The number of hydrogen-bond acceptors (Lipinski definition) is 3. The fourth-order valence-corrected chi connectivity index (χ4v) is 1.70. The molecule has 1 rings (SSSR count). The Hall–Kier alpha value is -1.24. The molecule has 0 aromatic carbocycles. The molecule has 0 radical (unpaired) electrons. The van der Waals surface area contributed by atoms with Crippen molar-refractivity contribution < 1.29 is 27.8 Å². The minimum absolute atomic E-state index is 0.211. The number of aryl methyl sites for hydroxylation is 1. The summed E-state index contributed by atoms with van der Waals surface area (Å²) in [6.45, 7) is 0.112. The molecule has 1 heterocycles. The molecule has 0 saturated carbocycles. The Labute approximate surface area is 87.1 Å². The predicted molar refractivity (Wildman–Crippen MR) is 47.6 cm³/mol. The van der Waals surface area contributed by atoms with Gasteiger partial charge in [-0.25, -0.2) is 4.79 Å². The summed E-state index contributed by atoms with van der Waals surface area (Å²) in [5.41, 5.74) is 0. The number of aromatic carboxylic acids is 1. The summed E-state index contributed by atoms with van der Waals surface area (Å²) >= 11 is 0.881. The van der Waals surface area contributed by atoms with Crippen LogP contribution in [0.3, 0.4) is 0 Å². The molecule has 0 fully saturated rings. The minimum atomic E-state index is -4.47. The van der Waals surface area contributed by atoms with E-state index in [1.807, 2.05) is 0 Å². The molecule has 0 atom stereocenters. The molecular formula is C8H7F3O3S. The molecule has 0 aliphatic carbocycles. The van der Waals surface area contributed by atoms with Gasteiger partial charge < -0.3 is 9.84 Å². The lowest BCUT2D eigenvalue weighted by molar-refractivity contribution is -0.153. The Balaban J connectivity index is 2.80. The normalized spacial score (nSPS) is 11.5. The number of carboxylic acids is 1. The van der Waals surface area contributed by atoms with Gasteiger partial charge in [0.05, 0.1) is 0 Å². The topological polar surface area (TPSA) is 46.5 Å². The van der Waals surface area contributed by atoms with Crippen LogP contribution in [-0.2, 0) is 0 Å². The fraction of sp³-hybridized carbons (Fsp3) is 0.375. The zero-order chi connectivity index (χ0) is 11.6. The van der Waals surface area contributed by atoms with Crippen LogP contribution >= 0.6 is 11.3 Å². The predicted octanol–water partition coefficient (Wildman–Crippen LogP) is 2.70. The van der Waals surface area contributed by atoms with E-state index in [-0.39, 0.29) is 10.6 Å². The van der Waals surface area contributed by atoms with Crippen LogP contribution in [0.4, 0.5) is 13.2 Å². The molecule has 1 aromatic heterocycles. The first-order valence-electron chi connectivity index (χ1n) is 3.83. The van der Waals surface area contributed by atoms with Gasteiger partial charge in [-0.05, 0) is 13.0 Å². The van der Waals surface area contributed by atoms with Gasteiger partial charge >= 0.3 is 12.1 Å². The van der Waals surface area contributed by atoms with Gasteiger partial charge in [0.15, 0.2) is 11.5 Å². The van der Waals surface area contributed by atoms with E-state index in [0.717, 1.165) is 11.3 Å². The Bertz CT molecular complexity index is 370. The van der Waals surface area contributed by atoms with Gasteiger partial charge in [-0.15, -0.1) is 11.3 Å². The summed E-state index contributed by atoms with van der Waals surface area (Å²) in [7, 11) is 0. The summed E-state index contributed by atoms with van der Waals surface area (Å²) < 4.78 is 39.8. The molecule has 7 heteroatoms. The maximum Gasteiger partial charge on any atom is 0.422 e. The zero-order valence-corrected chi connectivity index (χ0v) is 8.41. The van der Waals surface area contributed by atoms with Crippen molar-refractivity contribution in [3.63, 3.8) is 0 Å². The van der Waals surface area contributed by atoms with Crippen molar-refractivity contribution in [1.29, 1.82) is 0 Å². The van der Waals surface area contributed by atoms with Crippen LogP contribution < -0.4 is 4.74 Å². The van der Waals surface area contributed by atoms with Crippen molar-refractivity contribution in [3.8, 4) is 5.75 Å². The molecule has 0 saturated heterocycles. The van der Waals surface area contributed by atoms with Crippen LogP contribution in [0, 0.1) is 6.92 Å². The molecule has 0 bridgehead atoms. The highest BCUT2D eigenvalue weighted by Gasteiger charge is 2.29. The Kier molecular flexibility index (Phi) is 3.23. The second-order valence-corrected chi connectivity index (χ2v) is 4.02. The molecule has 0 spiro atoms. The highest BCUT2D eigenvalue weighted by atomic mass is 32.1. The fourth-order valence-electron chi connectivity index (χ4n) is 0.907. The van der Waals surface area contributed by atoms with Crippen molar-refractivity contribution >= 4 is 17.3 Å². The first-order valence-corrected chi connectivity index (χ1v) is 4.64. The number of alkyl halides is 3. The summed E-state index contributed by atoms with van der Waals surface area (Å²) in [4.78, 5) is 11.0. The first-order chi connectivity index (χ1) is 6.79. The number of carboxylic acid groups (broad SMARTS) is 1. The van der Waals surface area contributed by atoms with Gasteiger partial charge in [0.2, 0.25) is 0 Å². The molecule has 0 amide bonds. The van der Waals surface area contributed by atoms with E-state index in [2.05, 4.69) is 4.74 Å². The average molecular weight is 240 g/mol. The monoisotopic (exact) mass is 240 g/mol. The van der Waals surface area contributed by atoms with Gasteiger partial charge in [0.25, 0.3) is 0 Å². The van der Waals surface area contributed by atoms with Crippen LogP contribution in [0.15, 0.2) is 6.07 Å². The lowest BCUT2D eigenvalue weighted by atomic mass is 10.4. The molecule has 15 heavy (non-hydrogen) atoms. The third-order valence-corrected chi connectivity index (χ3v) is 2.43. The van der Waals surface area contributed by atoms with Crippen LogP contribution in [0.25, 0.3) is 0 Å². The maximum absolute atomic E-state index is 11.8. The Morgan fingerprint density at radius 1 is 1.60 bits per heavy atom. The molecule has 0 unspecified atom stereocenters. The van der Waals surface area contributed by atoms with Crippen molar-refractivity contribution in [1.82, 2.24) is 0 Å². The number of rotatable bonds is 3. The number of carbonyl (C=O) groups is 1. The summed E-state index contributed by atoms with van der Waals surface area (Å²) in [5.74, 6) is -1.52. The van der Waals surface area contributed by atoms with Crippen LogP contribution in [0.5, 0.6) is 5.75 Å². The van der Waals surface area contributed by atoms with E-state index in [0.29, 0.717) is 4.88 Å². The van der Waals surface area contributed by atoms with Crippen molar-refractivity contribution in [3.05, 3.63) is 15.8 Å². The van der Waals surface area contributed by atoms with Crippen LogP contribution in [-0.4, -0.2) is 23.9 Å². The van der Waals surface area contributed by atoms with Crippen LogP contribution in [0.1, 0.15) is 14.5 Å². The molecule has 0 aliphatic rings. The van der Waals surface area contributed by atoms with Gasteiger partial charge in [-0.2, -0.15) is 13.2 Å². The molecular weight excluding hydrogens is 233 g/mol. The standard InChI is InChI=1S/C8H7F3O3S/c1-4-2-5(6(15-4)7(12)13)14-3-8(9,10)11/h2H,3H2,1H3,(H,12,13). The van der Waals surface area contributed by atoms with Gasteiger partial charge in [-0.3, -0.25) is 0 Å². The summed E-state index contributed by atoms with van der Waals surface area (Å²) in [6.07, 6.45) is -4.47. The van der Waals surface area contributed by atoms with E-state index in [4.69, 9.17) is 5.11 Å². The largest absolute Gasteiger partial charge is 0.482 e.